The van der Waals surface area contributed by atoms with Crippen molar-refractivity contribution >= 4 is 11.6 Å². The third-order valence-electron chi connectivity index (χ3n) is 3.95. The van der Waals surface area contributed by atoms with E-state index in [4.69, 9.17) is 5.84 Å². The Morgan fingerprint density at radius 1 is 1.00 bits per heavy atom. The smallest absolute Gasteiger partial charge is 0.226 e. The van der Waals surface area contributed by atoms with Gasteiger partial charge in [0.1, 0.15) is 0 Å². The van der Waals surface area contributed by atoms with E-state index in [0.717, 1.165) is 31.5 Å². The molecule has 0 saturated carbocycles. The van der Waals surface area contributed by atoms with Gasteiger partial charge < -0.3 is 4.90 Å². The van der Waals surface area contributed by atoms with Crippen LogP contribution in [0, 0.1) is 0 Å². The van der Waals surface area contributed by atoms with Crippen LogP contribution in [0.2, 0.25) is 0 Å². The number of aryl methyl sites for hydroxylation is 1. The van der Waals surface area contributed by atoms with Crippen LogP contribution in [0.5, 0.6) is 0 Å². The standard InChI is InChI=1S/C19H25N3O/c1-22(18-12-10-17(11-13-18)14-15-21-20)19(23)9-5-8-16-6-3-2-4-7-16/h2-4,6-7,10-13,21H,5,8-9,14-15,20H2,1H3. The van der Waals surface area contributed by atoms with E-state index in [1.165, 1.54) is 11.1 Å². The number of anilines is 1. The van der Waals surface area contributed by atoms with E-state index in [-0.39, 0.29) is 5.91 Å². The van der Waals surface area contributed by atoms with Crippen LogP contribution in [-0.2, 0) is 17.6 Å². The molecule has 0 heterocycles. The zero-order valence-corrected chi connectivity index (χ0v) is 13.7. The van der Waals surface area contributed by atoms with E-state index < -0.39 is 0 Å². The van der Waals surface area contributed by atoms with Crippen molar-refractivity contribution in [2.45, 2.75) is 25.7 Å². The minimum absolute atomic E-state index is 0.150. The lowest BCUT2D eigenvalue weighted by molar-refractivity contribution is -0.118. The molecule has 122 valence electrons. The molecule has 0 saturated heterocycles. The van der Waals surface area contributed by atoms with Crippen molar-refractivity contribution in [2.24, 2.45) is 5.84 Å². The highest BCUT2D eigenvalue weighted by molar-refractivity contribution is 5.92. The number of nitrogens with one attached hydrogen (secondary N) is 1. The number of hydrogen-bond acceptors (Lipinski definition) is 3. The molecular formula is C19H25N3O. The van der Waals surface area contributed by atoms with Crippen LogP contribution in [0.25, 0.3) is 0 Å². The van der Waals surface area contributed by atoms with E-state index in [9.17, 15) is 4.79 Å². The van der Waals surface area contributed by atoms with Gasteiger partial charge in [-0.05, 0) is 42.5 Å². The van der Waals surface area contributed by atoms with Crippen LogP contribution in [0.1, 0.15) is 24.0 Å². The first-order chi connectivity index (χ1) is 11.2. The number of nitrogens with two attached hydrogens (primary N) is 1. The summed E-state index contributed by atoms with van der Waals surface area (Å²) in [6.07, 6.45) is 3.24. The van der Waals surface area contributed by atoms with Gasteiger partial charge in [-0.3, -0.25) is 16.1 Å². The van der Waals surface area contributed by atoms with Crippen molar-refractivity contribution in [3.05, 3.63) is 65.7 Å². The molecule has 0 spiro atoms. The van der Waals surface area contributed by atoms with E-state index in [1.807, 2.05) is 49.5 Å². The van der Waals surface area contributed by atoms with Gasteiger partial charge in [-0.1, -0.05) is 42.5 Å². The summed E-state index contributed by atoms with van der Waals surface area (Å²) in [7, 11) is 1.83. The number of carbonyl (C=O) groups is 1. The zero-order valence-electron chi connectivity index (χ0n) is 13.7. The highest BCUT2D eigenvalue weighted by Gasteiger charge is 2.10. The van der Waals surface area contributed by atoms with Gasteiger partial charge in [0, 0.05) is 25.7 Å². The summed E-state index contributed by atoms with van der Waals surface area (Å²) < 4.78 is 0. The van der Waals surface area contributed by atoms with Crippen molar-refractivity contribution in [1.82, 2.24) is 5.43 Å². The largest absolute Gasteiger partial charge is 0.316 e. The highest BCUT2D eigenvalue weighted by Crippen LogP contribution is 2.16. The molecule has 0 bridgehead atoms. The molecule has 4 heteroatoms. The molecule has 2 rings (SSSR count). The molecule has 0 radical (unpaired) electrons. The summed E-state index contributed by atoms with van der Waals surface area (Å²) >= 11 is 0. The minimum Gasteiger partial charge on any atom is -0.316 e. The molecule has 1 amide bonds. The van der Waals surface area contributed by atoms with Crippen LogP contribution in [-0.4, -0.2) is 19.5 Å². The van der Waals surface area contributed by atoms with Crippen molar-refractivity contribution in [3.8, 4) is 0 Å². The molecule has 0 atom stereocenters. The fraction of sp³-hybridized carbons (Fsp3) is 0.316. The predicted octanol–water partition coefficient (Wildman–Crippen LogP) is 2.68. The number of hydrazine groups is 1. The lowest BCUT2D eigenvalue weighted by atomic mass is 10.1. The average Bonchev–Trinajstić information content (AvgIpc) is 2.60. The predicted molar refractivity (Wildman–Crippen MR) is 95.1 cm³/mol. The summed E-state index contributed by atoms with van der Waals surface area (Å²) in [6.45, 7) is 0.744. The molecule has 3 N–H and O–H groups in total. The van der Waals surface area contributed by atoms with Gasteiger partial charge in [0.25, 0.3) is 0 Å². The van der Waals surface area contributed by atoms with E-state index >= 15 is 0 Å². The Bertz CT molecular complexity index is 596. The third kappa shape index (κ3) is 5.51. The minimum atomic E-state index is 0.150. The van der Waals surface area contributed by atoms with E-state index in [2.05, 4.69) is 17.6 Å². The number of hydrogen-bond donors (Lipinski definition) is 2. The maximum atomic E-state index is 12.3. The van der Waals surface area contributed by atoms with Crippen molar-refractivity contribution in [2.75, 3.05) is 18.5 Å². The van der Waals surface area contributed by atoms with Gasteiger partial charge in [-0.25, -0.2) is 0 Å². The number of amides is 1. The monoisotopic (exact) mass is 311 g/mol. The molecule has 4 nitrogen and oxygen atoms in total. The first-order valence-electron chi connectivity index (χ1n) is 8.03. The van der Waals surface area contributed by atoms with Crippen molar-refractivity contribution in [1.29, 1.82) is 0 Å². The molecule has 0 aliphatic rings. The number of rotatable bonds is 8. The Morgan fingerprint density at radius 2 is 1.65 bits per heavy atom. The second-order valence-electron chi connectivity index (χ2n) is 5.66. The van der Waals surface area contributed by atoms with Gasteiger partial charge in [0.2, 0.25) is 5.91 Å². The Balaban J connectivity index is 1.81. The maximum Gasteiger partial charge on any atom is 0.226 e. The fourth-order valence-electron chi connectivity index (χ4n) is 2.50. The summed E-state index contributed by atoms with van der Waals surface area (Å²) in [5, 5.41) is 0. The number of carbonyl (C=O) groups excluding carboxylic acids is 1. The first-order valence-corrected chi connectivity index (χ1v) is 8.03. The van der Waals surface area contributed by atoms with Gasteiger partial charge in [0.15, 0.2) is 0 Å². The second kappa shape index (κ2) is 9.08. The quantitative estimate of drug-likeness (QED) is 0.582. The van der Waals surface area contributed by atoms with Gasteiger partial charge in [0.05, 0.1) is 0 Å². The van der Waals surface area contributed by atoms with E-state index in [0.29, 0.717) is 6.42 Å². The van der Waals surface area contributed by atoms with Crippen LogP contribution < -0.4 is 16.2 Å². The van der Waals surface area contributed by atoms with Gasteiger partial charge in [-0.15, -0.1) is 0 Å². The summed E-state index contributed by atoms with van der Waals surface area (Å²) in [4.78, 5) is 14.0. The molecule has 2 aromatic rings. The van der Waals surface area contributed by atoms with E-state index in [1.54, 1.807) is 4.90 Å². The van der Waals surface area contributed by atoms with Gasteiger partial charge in [-0.2, -0.15) is 0 Å². The molecule has 23 heavy (non-hydrogen) atoms. The number of nitrogens with zero attached hydrogens (tertiary/aromatic N) is 1. The van der Waals surface area contributed by atoms with Crippen LogP contribution >= 0.6 is 0 Å². The maximum absolute atomic E-state index is 12.3. The van der Waals surface area contributed by atoms with Crippen molar-refractivity contribution in [3.63, 3.8) is 0 Å². The SMILES string of the molecule is CN(C(=O)CCCc1ccccc1)c1ccc(CCNN)cc1. The molecular weight excluding hydrogens is 286 g/mol. The fourth-order valence-corrected chi connectivity index (χ4v) is 2.50. The van der Waals surface area contributed by atoms with Crippen LogP contribution in [0.4, 0.5) is 5.69 Å². The Morgan fingerprint density at radius 3 is 2.30 bits per heavy atom. The molecule has 0 unspecified atom stereocenters. The normalized spacial score (nSPS) is 10.5. The lowest BCUT2D eigenvalue weighted by Crippen LogP contribution is -2.26. The number of benzene rings is 2. The average molecular weight is 311 g/mol. The van der Waals surface area contributed by atoms with Crippen molar-refractivity contribution < 1.29 is 4.79 Å². The topological polar surface area (TPSA) is 58.4 Å². The third-order valence-corrected chi connectivity index (χ3v) is 3.95. The van der Waals surface area contributed by atoms with Crippen LogP contribution in [0.3, 0.4) is 0 Å². The Hall–Kier alpha value is -2.17. The summed E-state index contributed by atoms with van der Waals surface area (Å²) in [5.74, 6) is 5.43. The van der Waals surface area contributed by atoms with Crippen LogP contribution in [0.15, 0.2) is 54.6 Å². The summed E-state index contributed by atoms with van der Waals surface area (Å²) in [5.41, 5.74) is 6.06. The second-order valence-corrected chi connectivity index (χ2v) is 5.66. The first kappa shape index (κ1) is 17.2. The molecule has 2 aromatic carbocycles. The molecule has 0 fully saturated rings. The molecule has 0 aromatic heterocycles. The van der Waals surface area contributed by atoms with Gasteiger partial charge >= 0.3 is 0 Å². The lowest BCUT2D eigenvalue weighted by Gasteiger charge is -2.18. The zero-order chi connectivity index (χ0) is 16.5. The Kier molecular flexibility index (Phi) is 6.78. The Labute approximate surface area is 138 Å². The summed E-state index contributed by atoms with van der Waals surface area (Å²) in [6, 6.07) is 18.3. The molecule has 0 aliphatic heterocycles. The highest BCUT2D eigenvalue weighted by atomic mass is 16.2. The molecule has 0 aliphatic carbocycles.